The van der Waals surface area contributed by atoms with Gasteiger partial charge < -0.3 is 10.1 Å². The predicted octanol–water partition coefficient (Wildman–Crippen LogP) is 0.889. The van der Waals surface area contributed by atoms with E-state index in [-0.39, 0.29) is 6.04 Å². The van der Waals surface area contributed by atoms with Gasteiger partial charge in [0.05, 0.1) is 24.0 Å². The van der Waals surface area contributed by atoms with Crippen LogP contribution >= 0.6 is 0 Å². The van der Waals surface area contributed by atoms with Crippen molar-refractivity contribution in [1.82, 2.24) is 15.1 Å². The minimum Gasteiger partial charge on any atom is -0.383 e. The molecule has 0 bridgehead atoms. The van der Waals surface area contributed by atoms with Crippen molar-refractivity contribution in [2.45, 2.75) is 19.4 Å². The fraction of sp³-hybridized carbons (Fsp3) is 0.700. The van der Waals surface area contributed by atoms with Gasteiger partial charge in [-0.15, -0.1) is 0 Å². The number of methoxy groups -OCH3 is 1. The molecule has 0 aliphatic rings. The van der Waals surface area contributed by atoms with Gasteiger partial charge in [-0.3, -0.25) is 4.68 Å². The maximum Gasteiger partial charge on any atom is 0.0727 e. The second-order valence-electron chi connectivity index (χ2n) is 3.33. The monoisotopic (exact) mass is 197 g/mol. The molecule has 0 spiro atoms. The zero-order valence-corrected chi connectivity index (χ0v) is 9.37. The van der Waals surface area contributed by atoms with Gasteiger partial charge >= 0.3 is 0 Å². The van der Waals surface area contributed by atoms with Gasteiger partial charge in [0.25, 0.3) is 0 Å². The SMILES string of the molecule is CCc1cc(C(COC)NC)n(C)n1. The van der Waals surface area contributed by atoms with Gasteiger partial charge in [-0.25, -0.2) is 0 Å². The zero-order valence-electron chi connectivity index (χ0n) is 9.37. The number of nitrogens with one attached hydrogen (secondary N) is 1. The average molecular weight is 197 g/mol. The highest BCUT2D eigenvalue weighted by Crippen LogP contribution is 2.13. The standard InChI is InChI=1S/C10H19N3O/c1-5-8-6-10(13(3)12-8)9(11-2)7-14-4/h6,9,11H,5,7H2,1-4H3. The lowest BCUT2D eigenvalue weighted by molar-refractivity contribution is 0.167. The molecular weight excluding hydrogens is 178 g/mol. The number of rotatable bonds is 5. The Morgan fingerprint density at radius 3 is 2.79 bits per heavy atom. The van der Waals surface area contributed by atoms with Crippen LogP contribution in [0.5, 0.6) is 0 Å². The van der Waals surface area contributed by atoms with E-state index < -0.39 is 0 Å². The summed E-state index contributed by atoms with van der Waals surface area (Å²) < 4.78 is 7.06. The first-order valence-corrected chi connectivity index (χ1v) is 4.91. The molecule has 1 aromatic heterocycles. The van der Waals surface area contributed by atoms with Crippen LogP contribution in [0.2, 0.25) is 0 Å². The fourth-order valence-electron chi connectivity index (χ4n) is 1.53. The Labute approximate surface area is 85.3 Å². The van der Waals surface area contributed by atoms with Gasteiger partial charge in [-0.05, 0) is 19.5 Å². The maximum absolute atomic E-state index is 5.14. The van der Waals surface area contributed by atoms with E-state index >= 15 is 0 Å². The van der Waals surface area contributed by atoms with E-state index in [1.807, 2.05) is 18.8 Å². The van der Waals surface area contributed by atoms with Gasteiger partial charge in [0, 0.05) is 14.2 Å². The molecule has 1 aromatic rings. The van der Waals surface area contributed by atoms with Crippen LogP contribution in [0.4, 0.5) is 0 Å². The molecule has 14 heavy (non-hydrogen) atoms. The Balaban J connectivity index is 2.85. The van der Waals surface area contributed by atoms with Crippen LogP contribution in [-0.4, -0.2) is 30.5 Å². The van der Waals surface area contributed by atoms with Crippen LogP contribution < -0.4 is 5.32 Å². The zero-order chi connectivity index (χ0) is 10.6. The van der Waals surface area contributed by atoms with Crippen molar-refractivity contribution in [3.63, 3.8) is 0 Å². The van der Waals surface area contributed by atoms with Crippen LogP contribution in [0.15, 0.2) is 6.07 Å². The van der Waals surface area contributed by atoms with Crippen LogP contribution in [-0.2, 0) is 18.2 Å². The summed E-state index contributed by atoms with van der Waals surface area (Å²) in [5.74, 6) is 0. The Bertz CT molecular complexity index is 283. The molecule has 0 fully saturated rings. The lowest BCUT2D eigenvalue weighted by Gasteiger charge is -2.14. The third-order valence-corrected chi connectivity index (χ3v) is 2.37. The molecule has 1 heterocycles. The van der Waals surface area contributed by atoms with Gasteiger partial charge in [0.2, 0.25) is 0 Å². The molecule has 80 valence electrons. The minimum atomic E-state index is 0.220. The molecular formula is C10H19N3O. The topological polar surface area (TPSA) is 39.1 Å². The molecule has 1 N–H and O–H groups in total. The first-order chi connectivity index (χ1) is 6.72. The summed E-state index contributed by atoms with van der Waals surface area (Å²) in [5.41, 5.74) is 2.30. The highest BCUT2D eigenvalue weighted by molar-refractivity contribution is 5.14. The van der Waals surface area contributed by atoms with Crippen molar-refractivity contribution in [2.24, 2.45) is 7.05 Å². The average Bonchev–Trinajstić information content (AvgIpc) is 2.56. The lowest BCUT2D eigenvalue weighted by atomic mass is 10.2. The summed E-state index contributed by atoms with van der Waals surface area (Å²) in [5, 5.41) is 7.61. The van der Waals surface area contributed by atoms with Gasteiger partial charge in [-0.2, -0.15) is 5.10 Å². The van der Waals surface area contributed by atoms with Crippen molar-refractivity contribution in [1.29, 1.82) is 0 Å². The second-order valence-corrected chi connectivity index (χ2v) is 3.33. The predicted molar refractivity (Wildman–Crippen MR) is 56.3 cm³/mol. The maximum atomic E-state index is 5.14. The van der Waals surface area contributed by atoms with Crippen LogP contribution in [0.25, 0.3) is 0 Å². The summed E-state index contributed by atoms with van der Waals surface area (Å²) in [4.78, 5) is 0. The van der Waals surface area contributed by atoms with Gasteiger partial charge in [0.1, 0.15) is 0 Å². The van der Waals surface area contributed by atoms with Crippen LogP contribution in [0.1, 0.15) is 24.4 Å². The Kier molecular flexibility index (Phi) is 4.10. The first kappa shape index (κ1) is 11.2. The van der Waals surface area contributed by atoms with Crippen molar-refractivity contribution in [2.75, 3.05) is 20.8 Å². The highest BCUT2D eigenvalue weighted by Gasteiger charge is 2.14. The number of hydrogen-bond donors (Lipinski definition) is 1. The second kappa shape index (κ2) is 5.12. The number of aromatic nitrogens is 2. The third-order valence-electron chi connectivity index (χ3n) is 2.37. The summed E-state index contributed by atoms with van der Waals surface area (Å²) >= 11 is 0. The number of ether oxygens (including phenoxy) is 1. The van der Waals surface area contributed by atoms with Gasteiger partial charge in [0.15, 0.2) is 0 Å². The molecule has 0 radical (unpaired) electrons. The number of likely N-dealkylation sites (N-methyl/N-ethyl adjacent to an activating group) is 1. The van der Waals surface area contributed by atoms with E-state index in [0.717, 1.165) is 12.1 Å². The van der Waals surface area contributed by atoms with Crippen LogP contribution in [0, 0.1) is 0 Å². The summed E-state index contributed by atoms with van der Waals surface area (Å²) in [6.07, 6.45) is 0.970. The molecule has 0 aliphatic heterocycles. The third kappa shape index (κ3) is 2.33. The van der Waals surface area contributed by atoms with E-state index in [1.165, 1.54) is 5.69 Å². The highest BCUT2D eigenvalue weighted by atomic mass is 16.5. The fourth-order valence-corrected chi connectivity index (χ4v) is 1.53. The molecule has 0 saturated heterocycles. The lowest BCUT2D eigenvalue weighted by Crippen LogP contribution is -2.23. The van der Waals surface area contributed by atoms with Crippen molar-refractivity contribution in [3.8, 4) is 0 Å². The largest absolute Gasteiger partial charge is 0.383 e. The summed E-state index contributed by atoms with van der Waals surface area (Å²) in [7, 11) is 5.61. The molecule has 0 aliphatic carbocycles. The van der Waals surface area contributed by atoms with E-state index in [0.29, 0.717) is 6.61 Å². The van der Waals surface area contributed by atoms with E-state index in [9.17, 15) is 0 Å². The molecule has 1 atom stereocenters. The Morgan fingerprint density at radius 1 is 1.64 bits per heavy atom. The number of hydrogen-bond acceptors (Lipinski definition) is 3. The Hall–Kier alpha value is -0.870. The van der Waals surface area contributed by atoms with Crippen LogP contribution in [0.3, 0.4) is 0 Å². The van der Waals surface area contributed by atoms with Gasteiger partial charge in [-0.1, -0.05) is 6.92 Å². The first-order valence-electron chi connectivity index (χ1n) is 4.91. The molecule has 0 aromatic carbocycles. The van der Waals surface area contributed by atoms with Crippen molar-refractivity contribution in [3.05, 3.63) is 17.5 Å². The normalized spacial score (nSPS) is 13.1. The van der Waals surface area contributed by atoms with E-state index in [2.05, 4.69) is 23.4 Å². The number of nitrogens with zero attached hydrogens (tertiary/aromatic N) is 2. The molecule has 1 unspecified atom stereocenters. The van der Waals surface area contributed by atoms with E-state index in [4.69, 9.17) is 4.74 Å². The Morgan fingerprint density at radius 2 is 2.36 bits per heavy atom. The molecule has 4 heteroatoms. The molecule has 0 saturated carbocycles. The summed E-state index contributed by atoms with van der Waals surface area (Å²) in [6.45, 7) is 2.77. The molecule has 0 amide bonds. The van der Waals surface area contributed by atoms with Crippen molar-refractivity contribution >= 4 is 0 Å². The quantitative estimate of drug-likeness (QED) is 0.762. The number of aryl methyl sites for hydroxylation is 2. The van der Waals surface area contributed by atoms with E-state index in [1.54, 1.807) is 7.11 Å². The smallest absolute Gasteiger partial charge is 0.0727 e. The minimum absolute atomic E-state index is 0.220. The summed E-state index contributed by atoms with van der Waals surface area (Å²) in [6, 6.07) is 2.35. The van der Waals surface area contributed by atoms with Crippen molar-refractivity contribution < 1.29 is 4.74 Å². The molecule has 1 rings (SSSR count). The molecule has 4 nitrogen and oxygen atoms in total.